The molecule has 1 aliphatic rings. The number of carbonyl (C=O) groups excluding carboxylic acids is 1. The molecule has 1 unspecified atom stereocenters. The molecule has 0 spiro atoms. The quantitative estimate of drug-likeness (QED) is 0.630. The number of benzene rings is 1. The standard InChI is InChI=1S/C18H14ClF3N6O/c1-10-15-25-26-16(13-9-23-5-6-24-13)28(15)8-7-27(10)17(29)11-3-2-4-12(14(11)19)18(20,21)22/h2-6,9-10H,7-8H2,1H3. The van der Waals surface area contributed by atoms with Gasteiger partial charge in [-0.2, -0.15) is 13.2 Å². The van der Waals surface area contributed by atoms with Crippen molar-refractivity contribution in [3.63, 3.8) is 0 Å². The van der Waals surface area contributed by atoms with Crippen molar-refractivity contribution in [2.45, 2.75) is 25.7 Å². The second kappa shape index (κ2) is 7.11. The van der Waals surface area contributed by atoms with E-state index in [0.717, 1.165) is 6.07 Å². The van der Waals surface area contributed by atoms with Crippen molar-refractivity contribution in [2.75, 3.05) is 6.54 Å². The molecular weight excluding hydrogens is 409 g/mol. The largest absolute Gasteiger partial charge is 0.417 e. The summed E-state index contributed by atoms with van der Waals surface area (Å²) < 4.78 is 41.2. The van der Waals surface area contributed by atoms with Crippen molar-refractivity contribution in [3.8, 4) is 11.5 Å². The molecule has 3 heterocycles. The minimum atomic E-state index is -4.65. The molecule has 150 valence electrons. The Labute approximate surface area is 168 Å². The minimum Gasteiger partial charge on any atom is -0.327 e. The van der Waals surface area contributed by atoms with E-state index < -0.39 is 28.7 Å². The highest BCUT2D eigenvalue weighted by atomic mass is 35.5. The molecule has 7 nitrogen and oxygen atoms in total. The number of hydrogen-bond donors (Lipinski definition) is 0. The lowest BCUT2D eigenvalue weighted by Gasteiger charge is -2.34. The lowest BCUT2D eigenvalue weighted by Crippen LogP contribution is -2.41. The van der Waals surface area contributed by atoms with Crippen molar-refractivity contribution >= 4 is 17.5 Å². The van der Waals surface area contributed by atoms with E-state index in [1.165, 1.54) is 23.2 Å². The van der Waals surface area contributed by atoms with Crippen LogP contribution in [0.1, 0.15) is 34.7 Å². The summed E-state index contributed by atoms with van der Waals surface area (Å²) in [7, 11) is 0. The third-order valence-electron chi connectivity index (χ3n) is 4.77. The van der Waals surface area contributed by atoms with Gasteiger partial charge in [-0.15, -0.1) is 10.2 Å². The normalized spacial score (nSPS) is 16.6. The first-order chi connectivity index (χ1) is 13.8. The van der Waals surface area contributed by atoms with E-state index in [0.29, 0.717) is 23.9 Å². The summed E-state index contributed by atoms with van der Waals surface area (Å²) in [6.45, 7) is 2.35. The van der Waals surface area contributed by atoms with Crippen molar-refractivity contribution in [1.29, 1.82) is 0 Å². The Balaban J connectivity index is 1.66. The Kier molecular flexibility index (Phi) is 4.73. The predicted octanol–water partition coefficient (Wildman–Crippen LogP) is 3.62. The van der Waals surface area contributed by atoms with E-state index in [4.69, 9.17) is 11.6 Å². The molecule has 2 aromatic heterocycles. The van der Waals surface area contributed by atoms with Gasteiger partial charge in [0.1, 0.15) is 5.69 Å². The second-order valence-electron chi connectivity index (χ2n) is 6.46. The molecule has 29 heavy (non-hydrogen) atoms. The molecule has 1 atom stereocenters. The molecule has 0 fully saturated rings. The number of hydrogen-bond acceptors (Lipinski definition) is 5. The summed E-state index contributed by atoms with van der Waals surface area (Å²) >= 11 is 5.92. The third kappa shape index (κ3) is 3.33. The molecule has 0 N–H and O–H groups in total. The average molecular weight is 423 g/mol. The second-order valence-corrected chi connectivity index (χ2v) is 6.84. The van der Waals surface area contributed by atoms with Gasteiger partial charge in [0.05, 0.1) is 28.4 Å². The Hall–Kier alpha value is -3.01. The van der Waals surface area contributed by atoms with Crippen molar-refractivity contribution < 1.29 is 18.0 Å². The molecule has 1 aliphatic heterocycles. The monoisotopic (exact) mass is 422 g/mol. The van der Waals surface area contributed by atoms with Crippen LogP contribution < -0.4 is 0 Å². The summed E-state index contributed by atoms with van der Waals surface area (Å²) in [4.78, 5) is 22.7. The number of aromatic nitrogens is 5. The molecule has 0 saturated carbocycles. The Morgan fingerprint density at radius 2 is 2.00 bits per heavy atom. The maximum absolute atomic E-state index is 13.1. The number of halogens is 4. The smallest absolute Gasteiger partial charge is 0.327 e. The van der Waals surface area contributed by atoms with Gasteiger partial charge >= 0.3 is 6.18 Å². The first-order valence-corrected chi connectivity index (χ1v) is 9.03. The van der Waals surface area contributed by atoms with Crippen molar-refractivity contribution in [3.05, 3.63) is 58.8 Å². The summed E-state index contributed by atoms with van der Waals surface area (Å²) in [6.07, 6.45) is -0.0118. The number of alkyl halides is 3. The number of carbonyl (C=O) groups is 1. The van der Waals surface area contributed by atoms with Crippen LogP contribution >= 0.6 is 11.6 Å². The van der Waals surface area contributed by atoms with Crippen molar-refractivity contribution in [2.24, 2.45) is 0 Å². The van der Waals surface area contributed by atoms with E-state index in [1.807, 2.05) is 4.57 Å². The summed E-state index contributed by atoms with van der Waals surface area (Å²) in [5.41, 5.74) is -0.697. The maximum atomic E-state index is 13.1. The highest BCUT2D eigenvalue weighted by Crippen LogP contribution is 2.37. The molecule has 1 aromatic carbocycles. The van der Waals surface area contributed by atoms with Crippen LogP contribution in [0.25, 0.3) is 11.5 Å². The Bertz CT molecular complexity index is 1070. The molecule has 11 heteroatoms. The van der Waals surface area contributed by atoms with Crippen LogP contribution in [0.15, 0.2) is 36.8 Å². The molecule has 0 saturated heterocycles. The van der Waals surface area contributed by atoms with E-state index in [2.05, 4.69) is 20.2 Å². The molecule has 3 aromatic rings. The van der Waals surface area contributed by atoms with E-state index in [9.17, 15) is 18.0 Å². The topological polar surface area (TPSA) is 76.8 Å². The van der Waals surface area contributed by atoms with Gasteiger partial charge in [-0.05, 0) is 19.1 Å². The van der Waals surface area contributed by atoms with Gasteiger partial charge in [-0.3, -0.25) is 9.78 Å². The lowest BCUT2D eigenvalue weighted by atomic mass is 10.1. The molecule has 0 radical (unpaired) electrons. The van der Waals surface area contributed by atoms with Crippen LogP contribution in [0.3, 0.4) is 0 Å². The SMILES string of the molecule is CC1c2nnc(-c3cnccn3)n2CCN1C(=O)c1cccc(C(F)(F)F)c1Cl. The molecule has 4 rings (SSSR count). The van der Waals surface area contributed by atoms with Crippen LogP contribution in [0.5, 0.6) is 0 Å². The Morgan fingerprint density at radius 1 is 1.21 bits per heavy atom. The zero-order valence-corrected chi connectivity index (χ0v) is 15.8. The van der Waals surface area contributed by atoms with Crippen LogP contribution in [-0.2, 0) is 12.7 Å². The first kappa shape index (κ1) is 19.3. The number of fused-ring (bicyclic) bond motifs is 1. The molecule has 1 amide bonds. The number of rotatable bonds is 2. The van der Waals surface area contributed by atoms with Gasteiger partial charge in [0.2, 0.25) is 0 Å². The zero-order valence-electron chi connectivity index (χ0n) is 15.1. The number of nitrogens with zero attached hydrogens (tertiary/aromatic N) is 6. The van der Waals surface area contributed by atoms with Crippen LogP contribution in [0.2, 0.25) is 5.02 Å². The first-order valence-electron chi connectivity index (χ1n) is 8.65. The van der Waals surface area contributed by atoms with Gasteiger partial charge in [-0.25, -0.2) is 4.98 Å². The van der Waals surface area contributed by atoms with E-state index in [1.54, 1.807) is 19.3 Å². The Morgan fingerprint density at radius 3 is 2.69 bits per heavy atom. The van der Waals surface area contributed by atoms with Crippen molar-refractivity contribution in [1.82, 2.24) is 29.6 Å². The van der Waals surface area contributed by atoms with Crippen LogP contribution in [0, 0.1) is 0 Å². The van der Waals surface area contributed by atoms with Gasteiger partial charge in [-0.1, -0.05) is 17.7 Å². The fraction of sp³-hybridized carbons (Fsp3) is 0.278. The molecular formula is C18H14ClF3N6O. The highest BCUT2D eigenvalue weighted by Gasteiger charge is 2.37. The van der Waals surface area contributed by atoms with E-state index >= 15 is 0 Å². The van der Waals surface area contributed by atoms with Gasteiger partial charge in [0, 0.05) is 25.5 Å². The fourth-order valence-corrected chi connectivity index (χ4v) is 3.65. The maximum Gasteiger partial charge on any atom is 0.417 e. The predicted molar refractivity (Wildman–Crippen MR) is 97.0 cm³/mol. The highest BCUT2D eigenvalue weighted by molar-refractivity contribution is 6.34. The van der Waals surface area contributed by atoms with Gasteiger partial charge in [0.25, 0.3) is 5.91 Å². The van der Waals surface area contributed by atoms with Crippen LogP contribution in [-0.4, -0.2) is 42.1 Å². The number of amides is 1. The van der Waals surface area contributed by atoms with E-state index in [-0.39, 0.29) is 12.1 Å². The average Bonchev–Trinajstić information content (AvgIpc) is 3.13. The molecule has 0 aliphatic carbocycles. The van der Waals surface area contributed by atoms with Gasteiger partial charge < -0.3 is 9.47 Å². The summed E-state index contributed by atoms with van der Waals surface area (Å²) in [5, 5.41) is 7.70. The summed E-state index contributed by atoms with van der Waals surface area (Å²) in [6, 6.07) is 2.80. The fourth-order valence-electron chi connectivity index (χ4n) is 3.34. The third-order valence-corrected chi connectivity index (χ3v) is 5.18. The minimum absolute atomic E-state index is 0.199. The van der Waals surface area contributed by atoms with Crippen LogP contribution in [0.4, 0.5) is 13.2 Å². The lowest BCUT2D eigenvalue weighted by molar-refractivity contribution is -0.137. The zero-order chi connectivity index (χ0) is 20.8. The van der Waals surface area contributed by atoms with Gasteiger partial charge in [0.15, 0.2) is 11.6 Å². The summed E-state index contributed by atoms with van der Waals surface area (Å²) in [5.74, 6) is 0.432. The molecule has 0 bridgehead atoms.